The van der Waals surface area contributed by atoms with E-state index in [1.54, 1.807) is 42.5 Å². The second kappa shape index (κ2) is 10.3. The average molecular weight is 464 g/mol. The molecule has 1 fully saturated rings. The van der Waals surface area contributed by atoms with Crippen molar-refractivity contribution in [3.63, 3.8) is 0 Å². The maximum atomic E-state index is 12.3. The topological polar surface area (TPSA) is 104 Å². The Labute approximate surface area is 187 Å². The lowest BCUT2D eigenvalue weighted by Gasteiger charge is -2.10. The van der Waals surface area contributed by atoms with Crippen molar-refractivity contribution >= 4 is 39.1 Å². The number of carbonyl (C=O) groups is 2. The smallest absolute Gasteiger partial charge is 0.252 e. The zero-order chi connectivity index (χ0) is 22.4. The molecule has 0 saturated heterocycles. The lowest BCUT2D eigenvalue weighted by atomic mass is 10.1. The Hall–Kier alpha value is -2.42. The van der Waals surface area contributed by atoms with Gasteiger partial charge in [-0.2, -0.15) is 0 Å². The van der Waals surface area contributed by atoms with Gasteiger partial charge in [0.15, 0.2) is 0 Å². The molecule has 0 aliphatic heterocycles. The summed E-state index contributed by atoms with van der Waals surface area (Å²) in [5, 5.41) is 5.79. The van der Waals surface area contributed by atoms with Crippen LogP contribution in [0.1, 0.15) is 48.5 Å². The molecular formula is C22H26ClN3O4S. The van der Waals surface area contributed by atoms with Crippen LogP contribution >= 0.6 is 11.6 Å². The van der Waals surface area contributed by atoms with Crippen LogP contribution in [0.3, 0.4) is 0 Å². The van der Waals surface area contributed by atoms with Gasteiger partial charge in [0.05, 0.1) is 15.5 Å². The van der Waals surface area contributed by atoms with Crippen LogP contribution in [0.5, 0.6) is 0 Å². The summed E-state index contributed by atoms with van der Waals surface area (Å²) in [5.41, 5.74) is 1.73. The number of hydrogen-bond donors (Lipinski definition) is 3. The molecule has 0 bridgehead atoms. The van der Waals surface area contributed by atoms with Gasteiger partial charge in [-0.1, -0.05) is 30.7 Å². The maximum absolute atomic E-state index is 12.3. The summed E-state index contributed by atoms with van der Waals surface area (Å²) >= 11 is 6.18. The molecule has 0 aromatic heterocycles. The summed E-state index contributed by atoms with van der Waals surface area (Å²) < 4.78 is 27.0. The molecule has 2 aromatic rings. The predicted molar refractivity (Wildman–Crippen MR) is 121 cm³/mol. The minimum atomic E-state index is -3.48. The molecule has 1 aliphatic rings. The molecule has 0 radical (unpaired) electrons. The molecule has 166 valence electrons. The highest BCUT2D eigenvalue weighted by Crippen LogP contribution is 2.23. The Morgan fingerprint density at radius 3 is 2.42 bits per heavy atom. The standard InChI is InChI=1S/C22H26ClN3O4S/c1-2-13-24-22(28)19-11-8-17(14-20(19)23)25-21(27)12-5-15-3-9-18(10-4-15)31(29,30)26-16-6-7-16/h3-4,8-11,14,16,26H,2,5-7,12-13H2,1H3,(H,24,28)(H,25,27). The predicted octanol–water partition coefficient (Wildman–Crippen LogP) is 3.49. The van der Waals surface area contributed by atoms with E-state index in [0.29, 0.717) is 24.2 Å². The van der Waals surface area contributed by atoms with Crippen LogP contribution in [-0.4, -0.2) is 32.8 Å². The van der Waals surface area contributed by atoms with Crippen LogP contribution in [0.25, 0.3) is 0 Å². The maximum Gasteiger partial charge on any atom is 0.252 e. The molecule has 2 amide bonds. The van der Waals surface area contributed by atoms with Gasteiger partial charge in [-0.05, 0) is 61.6 Å². The van der Waals surface area contributed by atoms with Gasteiger partial charge in [0.25, 0.3) is 5.91 Å². The number of carbonyl (C=O) groups excluding carboxylic acids is 2. The van der Waals surface area contributed by atoms with E-state index in [2.05, 4.69) is 15.4 Å². The van der Waals surface area contributed by atoms with E-state index in [1.165, 1.54) is 0 Å². The third-order valence-corrected chi connectivity index (χ3v) is 6.66. The zero-order valence-electron chi connectivity index (χ0n) is 17.3. The molecule has 3 N–H and O–H groups in total. The van der Waals surface area contributed by atoms with E-state index in [-0.39, 0.29) is 34.2 Å². The molecule has 3 rings (SSSR count). The quantitative estimate of drug-likeness (QED) is 0.501. The van der Waals surface area contributed by atoms with Crippen LogP contribution in [0, 0.1) is 0 Å². The van der Waals surface area contributed by atoms with Gasteiger partial charge in [-0.3, -0.25) is 9.59 Å². The van der Waals surface area contributed by atoms with Crippen molar-refractivity contribution in [3.05, 3.63) is 58.6 Å². The van der Waals surface area contributed by atoms with Gasteiger partial charge in [-0.25, -0.2) is 13.1 Å². The molecule has 0 spiro atoms. The normalized spacial score (nSPS) is 13.6. The van der Waals surface area contributed by atoms with Crippen LogP contribution in [0.4, 0.5) is 5.69 Å². The first kappa shape index (κ1) is 23.2. The summed E-state index contributed by atoms with van der Waals surface area (Å²) in [7, 11) is -3.48. The summed E-state index contributed by atoms with van der Waals surface area (Å²) in [4.78, 5) is 24.5. The van der Waals surface area contributed by atoms with Crippen molar-refractivity contribution in [2.75, 3.05) is 11.9 Å². The Balaban J connectivity index is 1.52. The second-order valence-corrected chi connectivity index (χ2v) is 9.66. The largest absolute Gasteiger partial charge is 0.352 e. The van der Waals surface area contributed by atoms with Crippen LogP contribution in [-0.2, 0) is 21.2 Å². The number of halogens is 1. The van der Waals surface area contributed by atoms with E-state index in [1.807, 2.05) is 6.92 Å². The van der Waals surface area contributed by atoms with Crippen LogP contribution in [0.2, 0.25) is 5.02 Å². The fourth-order valence-corrected chi connectivity index (χ4v) is 4.49. The van der Waals surface area contributed by atoms with Crippen molar-refractivity contribution in [2.45, 2.75) is 50.0 Å². The highest BCUT2D eigenvalue weighted by Gasteiger charge is 2.27. The molecule has 9 heteroatoms. The van der Waals surface area contributed by atoms with Gasteiger partial charge in [0.2, 0.25) is 15.9 Å². The van der Waals surface area contributed by atoms with E-state index in [0.717, 1.165) is 24.8 Å². The van der Waals surface area contributed by atoms with Gasteiger partial charge >= 0.3 is 0 Å². The number of hydrogen-bond acceptors (Lipinski definition) is 4. The van der Waals surface area contributed by atoms with Crippen molar-refractivity contribution in [3.8, 4) is 0 Å². The average Bonchev–Trinajstić information content (AvgIpc) is 3.54. The first-order valence-electron chi connectivity index (χ1n) is 10.3. The van der Waals surface area contributed by atoms with Gasteiger partial charge in [0.1, 0.15) is 0 Å². The van der Waals surface area contributed by atoms with E-state index >= 15 is 0 Å². The van der Waals surface area contributed by atoms with Crippen LogP contribution < -0.4 is 15.4 Å². The Morgan fingerprint density at radius 1 is 1.10 bits per heavy atom. The first-order valence-corrected chi connectivity index (χ1v) is 12.1. The van der Waals surface area contributed by atoms with Crippen molar-refractivity contribution in [1.82, 2.24) is 10.0 Å². The minimum Gasteiger partial charge on any atom is -0.352 e. The van der Waals surface area contributed by atoms with Crippen LogP contribution in [0.15, 0.2) is 47.4 Å². The third-order valence-electron chi connectivity index (χ3n) is 4.81. The fraction of sp³-hybridized carbons (Fsp3) is 0.364. The fourth-order valence-electron chi connectivity index (χ4n) is 2.92. The molecule has 31 heavy (non-hydrogen) atoms. The SMILES string of the molecule is CCCNC(=O)c1ccc(NC(=O)CCc2ccc(S(=O)(=O)NC3CC3)cc2)cc1Cl. The number of amides is 2. The third kappa shape index (κ3) is 6.78. The number of sulfonamides is 1. The first-order chi connectivity index (χ1) is 14.8. The Morgan fingerprint density at radius 2 is 1.81 bits per heavy atom. The Kier molecular flexibility index (Phi) is 7.69. The zero-order valence-corrected chi connectivity index (χ0v) is 18.9. The molecule has 7 nitrogen and oxygen atoms in total. The summed E-state index contributed by atoms with van der Waals surface area (Å²) in [6, 6.07) is 11.4. The summed E-state index contributed by atoms with van der Waals surface area (Å²) in [6.45, 7) is 2.53. The molecule has 0 heterocycles. The Bertz CT molecular complexity index is 1050. The van der Waals surface area contributed by atoms with Crippen molar-refractivity contribution < 1.29 is 18.0 Å². The number of anilines is 1. The summed E-state index contributed by atoms with van der Waals surface area (Å²) in [6.07, 6.45) is 3.28. The van der Waals surface area contributed by atoms with Gasteiger partial charge in [-0.15, -0.1) is 0 Å². The van der Waals surface area contributed by atoms with Gasteiger partial charge < -0.3 is 10.6 Å². The molecule has 2 aromatic carbocycles. The van der Waals surface area contributed by atoms with Crippen molar-refractivity contribution in [2.24, 2.45) is 0 Å². The van der Waals surface area contributed by atoms with E-state index in [4.69, 9.17) is 11.6 Å². The highest BCUT2D eigenvalue weighted by atomic mass is 35.5. The van der Waals surface area contributed by atoms with E-state index < -0.39 is 10.0 Å². The monoisotopic (exact) mass is 463 g/mol. The lowest BCUT2D eigenvalue weighted by Crippen LogP contribution is -2.25. The van der Waals surface area contributed by atoms with Crippen molar-refractivity contribution in [1.29, 1.82) is 0 Å². The number of nitrogens with one attached hydrogen (secondary N) is 3. The highest BCUT2D eigenvalue weighted by molar-refractivity contribution is 7.89. The summed E-state index contributed by atoms with van der Waals surface area (Å²) in [5.74, 6) is -0.450. The molecule has 1 saturated carbocycles. The van der Waals surface area contributed by atoms with Gasteiger partial charge in [0, 0.05) is 24.7 Å². The van der Waals surface area contributed by atoms with E-state index in [9.17, 15) is 18.0 Å². The molecule has 0 unspecified atom stereocenters. The number of benzene rings is 2. The lowest BCUT2D eigenvalue weighted by molar-refractivity contribution is -0.116. The minimum absolute atomic E-state index is 0.0571. The number of aryl methyl sites for hydroxylation is 1. The second-order valence-electron chi connectivity index (χ2n) is 7.54. The molecule has 1 aliphatic carbocycles. The molecule has 0 atom stereocenters. The molecular weight excluding hydrogens is 438 g/mol. The number of rotatable bonds is 10.